The standard InChI is InChI=1S/C21H20Cl2N2O2/c1-26-21-12-14(11-19(24)16-6-8-25-9-7-16)3-5-20(21)27-13-15-2-4-17(22)18(23)10-15/h2-10,12,19H,11,13,24H2,1H3. The van der Waals surface area contributed by atoms with Crippen molar-refractivity contribution < 1.29 is 9.47 Å². The Morgan fingerprint density at radius 3 is 2.37 bits per heavy atom. The van der Waals surface area contributed by atoms with E-state index in [1.807, 2.05) is 36.4 Å². The molecule has 1 aromatic heterocycles. The number of ether oxygens (including phenoxy) is 2. The number of nitrogens with two attached hydrogens (primary N) is 1. The zero-order chi connectivity index (χ0) is 19.2. The van der Waals surface area contributed by atoms with Crippen LogP contribution >= 0.6 is 23.2 Å². The molecule has 3 aromatic rings. The van der Waals surface area contributed by atoms with Crippen LogP contribution in [0.5, 0.6) is 11.5 Å². The van der Waals surface area contributed by atoms with Crippen LogP contribution in [0.4, 0.5) is 0 Å². The summed E-state index contributed by atoms with van der Waals surface area (Å²) in [5, 5.41) is 1.03. The van der Waals surface area contributed by atoms with Crippen LogP contribution in [-0.4, -0.2) is 12.1 Å². The molecule has 0 saturated carbocycles. The summed E-state index contributed by atoms with van der Waals surface area (Å²) in [5.41, 5.74) is 9.33. The maximum atomic E-state index is 6.29. The average Bonchev–Trinajstić information content (AvgIpc) is 2.70. The number of rotatable bonds is 7. The van der Waals surface area contributed by atoms with Crippen molar-refractivity contribution in [2.45, 2.75) is 19.1 Å². The fourth-order valence-corrected chi connectivity index (χ4v) is 3.05. The topological polar surface area (TPSA) is 57.4 Å². The van der Waals surface area contributed by atoms with Crippen molar-refractivity contribution in [1.29, 1.82) is 0 Å². The first-order valence-corrected chi connectivity index (χ1v) is 9.21. The lowest BCUT2D eigenvalue weighted by atomic mass is 10.0. The molecule has 0 aliphatic heterocycles. The van der Waals surface area contributed by atoms with E-state index in [1.54, 1.807) is 31.6 Å². The highest BCUT2D eigenvalue weighted by Crippen LogP contribution is 2.31. The quantitative estimate of drug-likeness (QED) is 0.588. The highest BCUT2D eigenvalue weighted by molar-refractivity contribution is 6.42. The number of benzene rings is 2. The summed E-state index contributed by atoms with van der Waals surface area (Å²) in [7, 11) is 1.62. The van der Waals surface area contributed by atoms with Crippen LogP contribution in [0.1, 0.15) is 22.7 Å². The molecule has 140 valence electrons. The summed E-state index contributed by atoms with van der Waals surface area (Å²) in [4.78, 5) is 4.02. The molecule has 0 bridgehead atoms. The molecule has 0 spiro atoms. The Hall–Kier alpha value is -2.27. The van der Waals surface area contributed by atoms with Crippen LogP contribution in [0.2, 0.25) is 10.0 Å². The lowest BCUT2D eigenvalue weighted by Crippen LogP contribution is -2.13. The minimum Gasteiger partial charge on any atom is -0.493 e. The van der Waals surface area contributed by atoms with Gasteiger partial charge in [-0.15, -0.1) is 0 Å². The van der Waals surface area contributed by atoms with Gasteiger partial charge in [0.05, 0.1) is 17.2 Å². The predicted octanol–water partition coefficient (Wildman–Crippen LogP) is 5.22. The molecule has 0 fully saturated rings. The molecule has 1 atom stereocenters. The summed E-state index contributed by atoms with van der Waals surface area (Å²) in [6.07, 6.45) is 4.18. The molecule has 0 aliphatic carbocycles. The lowest BCUT2D eigenvalue weighted by Gasteiger charge is -2.15. The highest BCUT2D eigenvalue weighted by Gasteiger charge is 2.11. The van der Waals surface area contributed by atoms with E-state index in [4.69, 9.17) is 38.4 Å². The monoisotopic (exact) mass is 402 g/mol. The first-order valence-electron chi connectivity index (χ1n) is 8.46. The molecular weight excluding hydrogens is 383 g/mol. The zero-order valence-corrected chi connectivity index (χ0v) is 16.4. The molecule has 1 unspecified atom stereocenters. The van der Waals surface area contributed by atoms with Crippen LogP contribution in [0.3, 0.4) is 0 Å². The molecule has 27 heavy (non-hydrogen) atoms. The van der Waals surface area contributed by atoms with Crippen LogP contribution in [0.15, 0.2) is 60.9 Å². The van der Waals surface area contributed by atoms with Crippen molar-refractivity contribution in [3.05, 3.63) is 87.7 Å². The van der Waals surface area contributed by atoms with E-state index in [1.165, 1.54) is 0 Å². The second-order valence-electron chi connectivity index (χ2n) is 6.11. The molecule has 2 aromatic carbocycles. The first kappa shape index (κ1) is 19.5. The van der Waals surface area contributed by atoms with Crippen molar-refractivity contribution >= 4 is 23.2 Å². The van der Waals surface area contributed by atoms with Gasteiger partial charge in [0.25, 0.3) is 0 Å². The van der Waals surface area contributed by atoms with Crippen molar-refractivity contribution in [2.24, 2.45) is 5.73 Å². The summed E-state index contributed by atoms with van der Waals surface area (Å²) in [6.45, 7) is 0.364. The summed E-state index contributed by atoms with van der Waals surface area (Å²) >= 11 is 12.0. The smallest absolute Gasteiger partial charge is 0.161 e. The molecule has 0 aliphatic rings. The van der Waals surface area contributed by atoms with E-state index in [0.29, 0.717) is 34.6 Å². The van der Waals surface area contributed by atoms with E-state index in [2.05, 4.69) is 4.98 Å². The van der Waals surface area contributed by atoms with Gasteiger partial charge in [-0.05, 0) is 59.5 Å². The van der Waals surface area contributed by atoms with Gasteiger partial charge in [-0.25, -0.2) is 0 Å². The van der Waals surface area contributed by atoms with E-state index in [-0.39, 0.29) is 6.04 Å². The second kappa shape index (κ2) is 9.09. The second-order valence-corrected chi connectivity index (χ2v) is 6.93. The summed E-state index contributed by atoms with van der Waals surface area (Å²) in [6, 6.07) is 15.0. The van der Waals surface area contributed by atoms with E-state index >= 15 is 0 Å². The van der Waals surface area contributed by atoms with Gasteiger partial charge in [-0.3, -0.25) is 4.98 Å². The van der Waals surface area contributed by atoms with Crippen LogP contribution in [-0.2, 0) is 13.0 Å². The molecule has 6 heteroatoms. The largest absolute Gasteiger partial charge is 0.493 e. The lowest BCUT2D eigenvalue weighted by molar-refractivity contribution is 0.284. The Kier molecular flexibility index (Phi) is 6.56. The van der Waals surface area contributed by atoms with Crippen molar-refractivity contribution in [1.82, 2.24) is 4.98 Å². The summed E-state index contributed by atoms with van der Waals surface area (Å²) in [5.74, 6) is 1.32. The normalized spacial score (nSPS) is 11.9. The maximum Gasteiger partial charge on any atom is 0.161 e. The number of nitrogens with zero attached hydrogens (tertiary/aromatic N) is 1. The molecular formula is C21H20Cl2N2O2. The third kappa shape index (κ3) is 5.13. The van der Waals surface area contributed by atoms with Gasteiger partial charge in [-0.2, -0.15) is 0 Å². The average molecular weight is 403 g/mol. The third-order valence-corrected chi connectivity index (χ3v) is 4.94. The van der Waals surface area contributed by atoms with Crippen molar-refractivity contribution in [3.8, 4) is 11.5 Å². The molecule has 0 amide bonds. The Labute approximate surface area is 168 Å². The van der Waals surface area contributed by atoms with Gasteiger partial charge in [0.15, 0.2) is 11.5 Å². The van der Waals surface area contributed by atoms with Crippen molar-refractivity contribution in [2.75, 3.05) is 7.11 Å². The van der Waals surface area contributed by atoms with Gasteiger partial charge in [0, 0.05) is 18.4 Å². The molecule has 3 rings (SSSR count). The number of aromatic nitrogens is 1. The van der Waals surface area contributed by atoms with Crippen LogP contribution in [0, 0.1) is 0 Å². The van der Waals surface area contributed by atoms with E-state index in [9.17, 15) is 0 Å². The van der Waals surface area contributed by atoms with Gasteiger partial charge >= 0.3 is 0 Å². The van der Waals surface area contributed by atoms with E-state index in [0.717, 1.165) is 16.7 Å². The van der Waals surface area contributed by atoms with Crippen LogP contribution in [0.25, 0.3) is 0 Å². The Bertz CT molecular complexity index is 904. The zero-order valence-electron chi connectivity index (χ0n) is 14.9. The fourth-order valence-electron chi connectivity index (χ4n) is 2.73. The molecule has 4 nitrogen and oxygen atoms in total. The Morgan fingerprint density at radius 1 is 0.926 bits per heavy atom. The van der Waals surface area contributed by atoms with Gasteiger partial charge in [-0.1, -0.05) is 35.3 Å². The Morgan fingerprint density at radius 2 is 1.67 bits per heavy atom. The minimum absolute atomic E-state index is 0.110. The van der Waals surface area contributed by atoms with Gasteiger partial charge in [0.1, 0.15) is 6.61 Å². The number of pyridine rings is 1. The predicted molar refractivity (Wildman–Crippen MR) is 109 cm³/mol. The highest BCUT2D eigenvalue weighted by atomic mass is 35.5. The maximum absolute atomic E-state index is 6.29. The van der Waals surface area contributed by atoms with Gasteiger partial charge < -0.3 is 15.2 Å². The third-order valence-electron chi connectivity index (χ3n) is 4.20. The van der Waals surface area contributed by atoms with Crippen LogP contribution < -0.4 is 15.2 Å². The van der Waals surface area contributed by atoms with Crippen molar-refractivity contribution in [3.63, 3.8) is 0 Å². The molecule has 1 heterocycles. The number of hydrogen-bond acceptors (Lipinski definition) is 4. The number of methoxy groups -OCH3 is 1. The Balaban J connectivity index is 1.69. The fraction of sp³-hybridized carbons (Fsp3) is 0.190. The first-order chi connectivity index (χ1) is 13.1. The number of hydrogen-bond donors (Lipinski definition) is 1. The van der Waals surface area contributed by atoms with Gasteiger partial charge in [0.2, 0.25) is 0 Å². The molecule has 0 radical (unpaired) electrons. The molecule has 0 saturated heterocycles. The SMILES string of the molecule is COc1cc(CC(N)c2ccncc2)ccc1OCc1ccc(Cl)c(Cl)c1. The molecule has 2 N–H and O–H groups in total. The van der Waals surface area contributed by atoms with E-state index < -0.39 is 0 Å². The minimum atomic E-state index is -0.110. The number of halogens is 2. The summed E-state index contributed by atoms with van der Waals surface area (Å²) < 4.78 is 11.4.